The third-order valence-corrected chi connectivity index (χ3v) is 4.42. The number of nitrogens with zero attached hydrogens (tertiary/aromatic N) is 2. The Morgan fingerprint density at radius 3 is 2.34 bits per heavy atom. The Morgan fingerprint density at radius 1 is 1.00 bits per heavy atom. The molecule has 0 unspecified atom stereocenters. The Hall–Kier alpha value is -4.70. The minimum absolute atomic E-state index is 0.0269. The smallest absolute Gasteiger partial charge is 0.336 e. The second kappa shape index (κ2) is 10.4. The molecule has 0 N–H and O–H groups in total. The van der Waals surface area contributed by atoms with Gasteiger partial charge in [-0.25, -0.2) is 4.79 Å². The molecule has 7 nitrogen and oxygen atoms in total. The number of ether oxygens (including phenoxy) is 2. The first kappa shape index (κ1) is 22.0. The van der Waals surface area contributed by atoms with Crippen molar-refractivity contribution in [2.24, 2.45) is 0 Å². The summed E-state index contributed by atoms with van der Waals surface area (Å²) in [6.45, 7) is 0. The van der Waals surface area contributed by atoms with Crippen LogP contribution in [0.4, 0.5) is 5.69 Å². The zero-order valence-electron chi connectivity index (χ0n) is 17.1. The van der Waals surface area contributed by atoms with Gasteiger partial charge >= 0.3 is 5.97 Å². The largest absolute Gasteiger partial charge is 0.497 e. The van der Waals surface area contributed by atoms with E-state index in [1.165, 1.54) is 36.4 Å². The summed E-state index contributed by atoms with van der Waals surface area (Å²) in [5.74, 6) is 0.422. The molecule has 0 aliphatic rings. The minimum atomic E-state index is -0.597. The summed E-state index contributed by atoms with van der Waals surface area (Å²) in [6.07, 6.45) is 4.45. The number of hydrogen-bond acceptors (Lipinski definition) is 6. The number of esters is 1. The van der Waals surface area contributed by atoms with Crippen molar-refractivity contribution in [3.05, 3.63) is 106 Å². The molecule has 0 aliphatic heterocycles. The SMILES string of the molecule is COc1ccc(/C(C#N)=C\c2cccc(OC(=O)/C=C/c3ccc([N+](=O)[O-])cc3)c2)cc1. The number of benzene rings is 3. The van der Waals surface area contributed by atoms with E-state index in [2.05, 4.69) is 6.07 Å². The van der Waals surface area contributed by atoms with E-state index in [0.29, 0.717) is 28.2 Å². The average molecular weight is 426 g/mol. The van der Waals surface area contributed by atoms with Crippen molar-refractivity contribution >= 4 is 29.4 Å². The van der Waals surface area contributed by atoms with Gasteiger partial charge in [-0.3, -0.25) is 10.1 Å². The first-order valence-electron chi connectivity index (χ1n) is 9.49. The fourth-order valence-electron chi connectivity index (χ4n) is 2.81. The Balaban J connectivity index is 1.70. The van der Waals surface area contributed by atoms with Crippen LogP contribution >= 0.6 is 0 Å². The predicted molar refractivity (Wildman–Crippen MR) is 121 cm³/mol. The van der Waals surface area contributed by atoms with Crippen molar-refractivity contribution in [2.45, 2.75) is 0 Å². The van der Waals surface area contributed by atoms with Gasteiger partial charge in [-0.05, 0) is 77.4 Å². The van der Waals surface area contributed by atoms with Crippen LogP contribution < -0.4 is 9.47 Å². The molecule has 0 atom stereocenters. The second-order valence-corrected chi connectivity index (χ2v) is 6.57. The molecule has 0 saturated heterocycles. The Kier molecular flexibility index (Phi) is 7.12. The van der Waals surface area contributed by atoms with Gasteiger partial charge in [0.25, 0.3) is 5.69 Å². The number of non-ortho nitro benzene ring substituents is 1. The molecule has 32 heavy (non-hydrogen) atoms. The number of methoxy groups -OCH3 is 1. The summed E-state index contributed by atoms with van der Waals surface area (Å²) >= 11 is 0. The van der Waals surface area contributed by atoms with Crippen molar-refractivity contribution in [1.82, 2.24) is 0 Å². The number of carbonyl (C=O) groups excluding carboxylic acids is 1. The lowest BCUT2D eigenvalue weighted by Gasteiger charge is -2.05. The topological polar surface area (TPSA) is 102 Å². The van der Waals surface area contributed by atoms with Crippen molar-refractivity contribution in [3.8, 4) is 17.6 Å². The highest BCUT2D eigenvalue weighted by molar-refractivity contribution is 5.91. The maximum Gasteiger partial charge on any atom is 0.336 e. The van der Waals surface area contributed by atoms with Gasteiger partial charge in [0.05, 0.1) is 23.7 Å². The highest BCUT2D eigenvalue weighted by Gasteiger charge is 2.06. The molecule has 3 rings (SSSR count). The van der Waals surface area contributed by atoms with Crippen molar-refractivity contribution in [2.75, 3.05) is 7.11 Å². The van der Waals surface area contributed by atoms with Crippen molar-refractivity contribution < 1.29 is 19.2 Å². The molecule has 0 amide bonds. The Morgan fingerprint density at radius 2 is 1.72 bits per heavy atom. The molecule has 3 aromatic rings. The molecule has 0 aromatic heterocycles. The number of nitro benzene ring substituents is 1. The maximum absolute atomic E-state index is 12.1. The van der Waals surface area contributed by atoms with Crippen LogP contribution in [0.3, 0.4) is 0 Å². The molecule has 0 saturated carbocycles. The van der Waals surface area contributed by atoms with E-state index in [9.17, 15) is 20.2 Å². The summed E-state index contributed by atoms with van der Waals surface area (Å²) in [5, 5.41) is 20.2. The number of hydrogen-bond donors (Lipinski definition) is 0. The third-order valence-electron chi connectivity index (χ3n) is 4.42. The molecular weight excluding hydrogens is 408 g/mol. The van der Waals surface area contributed by atoms with Crippen LogP contribution in [0.5, 0.6) is 11.5 Å². The standard InChI is InChI=1S/C25H18N2O5/c1-31-23-12-8-20(9-13-23)21(17-26)15-19-3-2-4-24(16-19)32-25(28)14-7-18-5-10-22(11-6-18)27(29)30/h2-16H,1H3/b14-7+,21-15-. The lowest BCUT2D eigenvalue weighted by Crippen LogP contribution is -2.03. The van der Waals surface area contributed by atoms with E-state index < -0.39 is 10.9 Å². The van der Waals surface area contributed by atoms with Crippen LogP contribution in [-0.2, 0) is 4.79 Å². The van der Waals surface area contributed by atoms with Crippen LogP contribution in [0.15, 0.2) is 78.9 Å². The van der Waals surface area contributed by atoms with Gasteiger partial charge in [0.1, 0.15) is 11.5 Å². The maximum atomic E-state index is 12.1. The van der Waals surface area contributed by atoms with Gasteiger partial charge in [-0.1, -0.05) is 12.1 Å². The number of carbonyl (C=O) groups is 1. The monoisotopic (exact) mass is 426 g/mol. The zero-order valence-corrected chi connectivity index (χ0v) is 17.1. The summed E-state index contributed by atoms with van der Waals surface area (Å²) < 4.78 is 10.5. The van der Waals surface area contributed by atoms with Crippen LogP contribution in [0.1, 0.15) is 16.7 Å². The van der Waals surface area contributed by atoms with Crippen LogP contribution in [-0.4, -0.2) is 18.0 Å². The average Bonchev–Trinajstić information content (AvgIpc) is 2.82. The van der Waals surface area contributed by atoms with Crippen molar-refractivity contribution in [1.29, 1.82) is 5.26 Å². The van der Waals surface area contributed by atoms with E-state index in [-0.39, 0.29) is 5.69 Å². The van der Waals surface area contributed by atoms with E-state index in [4.69, 9.17) is 9.47 Å². The van der Waals surface area contributed by atoms with E-state index in [1.807, 2.05) is 0 Å². The third kappa shape index (κ3) is 5.90. The quantitative estimate of drug-likeness (QED) is 0.0968. The Labute approximate surface area is 184 Å². The van der Waals surface area contributed by atoms with Gasteiger partial charge in [-0.15, -0.1) is 0 Å². The van der Waals surface area contributed by atoms with E-state index in [0.717, 1.165) is 5.56 Å². The first-order valence-corrected chi connectivity index (χ1v) is 9.49. The number of nitriles is 1. The fraction of sp³-hybridized carbons (Fsp3) is 0.0400. The minimum Gasteiger partial charge on any atom is -0.497 e. The second-order valence-electron chi connectivity index (χ2n) is 6.57. The number of allylic oxidation sites excluding steroid dienone is 1. The summed E-state index contributed by atoms with van der Waals surface area (Å²) in [4.78, 5) is 22.3. The van der Waals surface area contributed by atoms with Crippen LogP contribution in [0.25, 0.3) is 17.7 Å². The molecule has 0 radical (unpaired) electrons. The first-order chi connectivity index (χ1) is 15.5. The normalized spacial score (nSPS) is 11.1. The number of rotatable bonds is 7. The summed E-state index contributed by atoms with van der Waals surface area (Å²) in [7, 11) is 1.57. The molecule has 7 heteroatoms. The van der Waals surface area contributed by atoms with Crippen LogP contribution in [0.2, 0.25) is 0 Å². The molecular formula is C25H18N2O5. The van der Waals surface area contributed by atoms with Gasteiger partial charge in [0.15, 0.2) is 0 Å². The summed E-state index contributed by atoms with van der Waals surface area (Å²) in [6, 6.07) is 21.9. The lowest BCUT2D eigenvalue weighted by atomic mass is 10.0. The number of nitro groups is 1. The molecule has 0 spiro atoms. The zero-order chi connectivity index (χ0) is 22.9. The molecule has 0 bridgehead atoms. The van der Waals surface area contributed by atoms with Crippen LogP contribution in [0, 0.1) is 21.4 Å². The highest BCUT2D eigenvalue weighted by atomic mass is 16.6. The predicted octanol–water partition coefficient (Wildman–Crippen LogP) is 5.29. The molecule has 0 aliphatic carbocycles. The fourth-order valence-corrected chi connectivity index (χ4v) is 2.81. The van der Waals surface area contributed by atoms with Gasteiger partial charge in [-0.2, -0.15) is 5.26 Å². The molecule has 0 heterocycles. The molecule has 158 valence electrons. The van der Waals surface area contributed by atoms with Gasteiger partial charge < -0.3 is 9.47 Å². The van der Waals surface area contributed by atoms with E-state index >= 15 is 0 Å². The van der Waals surface area contributed by atoms with Gasteiger partial charge in [0, 0.05) is 18.2 Å². The van der Waals surface area contributed by atoms with E-state index in [1.54, 1.807) is 61.7 Å². The molecule has 0 fully saturated rings. The summed E-state index contributed by atoms with van der Waals surface area (Å²) in [5.41, 5.74) is 2.49. The lowest BCUT2D eigenvalue weighted by molar-refractivity contribution is -0.384. The highest BCUT2D eigenvalue weighted by Crippen LogP contribution is 2.23. The Bertz CT molecular complexity index is 1220. The molecule has 3 aromatic carbocycles. The van der Waals surface area contributed by atoms with Gasteiger partial charge in [0.2, 0.25) is 0 Å². The van der Waals surface area contributed by atoms with Crippen molar-refractivity contribution in [3.63, 3.8) is 0 Å².